The molecule has 0 bridgehead atoms. The van der Waals surface area contributed by atoms with E-state index in [0.29, 0.717) is 19.7 Å². The summed E-state index contributed by atoms with van der Waals surface area (Å²) in [6.07, 6.45) is 0. The van der Waals surface area contributed by atoms with Crippen molar-refractivity contribution in [2.45, 2.75) is 11.4 Å². The zero-order chi connectivity index (χ0) is 20.0. The highest BCUT2D eigenvalue weighted by Crippen LogP contribution is 2.24. The molecule has 2 aromatic carbocycles. The summed E-state index contributed by atoms with van der Waals surface area (Å²) < 4.78 is 31.0. The molecule has 6 nitrogen and oxygen atoms in total. The van der Waals surface area contributed by atoms with Crippen LogP contribution in [-0.4, -0.2) is 57.9 Å². The first-order chi connectivity index (χ1) is 12.8. The van der Waals surface area contributed by atoms with Crippen molar-refractivity contribution in [3.8, 4) is 0 Å². The Hall–Kier alpha value is -1.93. The summed E-state index contributed by atoms with van der Waals surface area (Å²) >= 11 is 6.21. The highest BCUT2D eigenvalue weighted by atomic mass is 35.5. The van der Waals surface area contributed by atoms with Crippen molar-refractivity contribution in [1.29, 1.82) is 0 Å². The number of hydrogen-bond acceptors (Lipinski definition) is 4. The summed E-state index contributed by atoms with van der Waals surface area (Å²) in [5, 5.41) is 0.202. The minimum atomic E-state index is -3.67. The Balaban J connectivity index is 2.39. The smallest absolute Gasteiger partial charge is 0.255 e. The van der Waals surface area contributed by atoms with Gasteiger partial charge in [0.1, 0.15) is 0 Å². The van der Waals surface area contributed by atoms with Gasteiger partial charge in [-0.1, -0.05) is 41.9 Å². The van der Waals surface area contributed by atoms with Crippen LogP contribution in [0.1, 0.15) is 15.9 Å². The second-order valence-corrected chi connectivity index (χ2v) is 8.69. The highest BCUT2D eigenvalue weighted by molar-refractivity contribution is 7.89. The lowest BCUT2D eigenvalue weighted by Crippen LogP contribution is -2.34. The van der Waals surface area contributed by atoms with Gasteiger partial charge < -0.3 is 9.64 Å². The quantitative estimate of drug-likeness (QED) is 0.671. The van der Waals surface area contributed by atoms with Crippen LogP contribution in [0.25, 0.3) is 0 Å². The molecule has 1 amide bonds. The maximum absolute atomic E-state index is 13.1. The number of sulfonamides is 1. The molecular formula is C19H23ClN2O4S. The van der Waals surface area contributed by atoms with E-state index in [-0.39, 0.29) is 21.4 Å². The minimum Gasteiger partial charge on any atom is -0.383 e. The summed E-state index contributed by atoms with van der Waals surface area (Å²) in [4.78, 5) is 14.7. The predicted molar refractivity (Wildman–Crippen MR) is 105 cm³/mol. The van der Waals surface area contributed by atoms with Crippen molar-refractivity contribution in [2.24, 2.45) is 0 Å². The molecule has 0 fully saturated rings. The van der Waals surface area contributed by atoms with Crippen LogP contribution in [0.4, 0.5) is 0 Å². The molecule has 0 atom stereocenters. The summed E-state index contributed by atoms with van der Waals surface area (Å²) in [6.45, 7) is 1.07. The minimum absolute atomic E-state index is 0.0200. The lowest BCUT2D eigenvalue weighted by Gasteiger charge is -2.23. The SMILES string of the molecule is COCCN(Cc1ccccc1)C(=O)c1cc(S(=O)(=O)N(C)C)ccc1Cl. The zero-order valence-electron chi connectivity index (χ0n) is 15.6. The molecule has 0 aromatic heterocycles. The van der Waals surface area contributed by atoms with Crippen LogP contribution in [0.3, 0.4) is 0 Å². The van der Waals surface area contributed by atoms with Crippen molar-refractivity contribution in [1.82, 2.24) is 9.21 Å². The molecular weight excluding hydrogens is 388 g/mol. The van der Waals surface area contributed by atoms with E-state index in [0.717, 1.165) is 9.87 Å². The van der Waals surface area contributed by atoms with Gasteiger partial charge in [0.25, 0.3) is 5.91 Å². The van der Waals surface area contributed by atoms with Crippen LogP contribution in [0.2, 0.25) is 5.02 Å². The average molecular weight is 411 g/mol. The van der Waals surface area contributed by atoms with Crippen LogP contribution in [-0.2, 0) is 21.3 Å². The molecule has 0 spiro atoms. The molecule has 0 aliphatic rings. The van der Waals surface area contributed by atoms with Crippen molar-refractivity contribution in [2.75, 3.05) is 34.4 Å². The number of carbonyl (C=O) groups is 1. The first-order valence-electron chi connectivity index (χ1n) is 8.31. The van der Waals surface area contributed by atoms with Gasteiger partial charge >= 0.3 is 0 Å². The maximum Gasteiger partial charge on any atom is 0.255 e. The van der Waals surface area contributed by atoms with Crippen molar-refractivity contribution in [3.05, 3.63) is 64.7 Å². The molecule has 0 saturated heterocycles. The molecule has 0 aliphatic heterocycles. The van der Waals surface area contributed by atoms with E-state index < -0.39 is 10.0 Å². The van der Waals surface area contributed by atoms with E-state index in [1.165, 1.54) is 32.3 Å². The molecule has 146 valence electrons. The van der Waals surface area contributed by atoms with E-state index in [4.69, 9.17) is 16.3 Å². The topological polar surface area (TPSA) is 66.9 Å². The summed E-state index contributed by atoms with van der Waals surface area (Å²) in [5.74, 6) is -0.350. The molecule has 8 heteroatoms. The zero-order valence-corrected chi connectivity index (χ0v) is 17.1. The van der Waals surface area contributed by atoms with Crippen molar-refractivity contribution in [3.63, 3.8) is 0 Å². The van der Waals surface area contributed by atoms with Gasteiger partial charge in [-0.05, 0) is 23.8 Å². The first kappa shape index (κ1) is 21.4. The standard InChI is InChI=1S/C19H23ClN2O4S/c1-21(2)27(24,25)16-9-10-18(20)17(13-16)19(23)22(11-12-26-3)14-15-7-5-4-6-8-15/h4-10,13H,11-12,14H2,1-3H3. The fourth-order valence-corrected chi connectivity index (χ4v) is 3.59. The fourth-order valence-electron chi connectivity index (χ4n) is 2.47. The Bertz CT molecular complexity index is 886. The number of methoxy groups -OCH3 is 1. The van der Waals surface area contributed by atoms with Gasteiger partial charge in [-0.2, -0.15) is 0 Å². The number of ether oxygens (including phenoxy) is 1. The van der Waals surface area contributed by atoms with E-state index in [2.05, 4.69) is 0 Å². The van der Waals surface area contributed by atoms with E-state index in [1.54, 1.807) is 12.0 Å². The van der Waals surface area contributed by atoms with Gasteiger partial charge in [-0.3, -0.25) is 4.79 Å². The van der Waals surface area contributed by atoms with Crippen LogP contribution in [0.15, 0.2) is 53.4 Å². The van der Waals surface area contributed by atoms with Gasteiger partial charge in [0.15, 0.2) is 0 Å². The van der Waals surface area contributed by atoms with E-state index >= 15 is 0 Å². The third kappa shape index (κ3) is 5.29. The molecule has 2 aromatic rings. The van der Waals surface area contributed by atoms with Gasteiger partial charge in [-0.25, -0.2) is 12.7 Å². The number of benzene rings is 2. The lowest BCUT2D eigenvalue weighted by atomic mass is 10.1. The largest absolute Gasteiger partial charge is 0.383 e. The maximum atomic E-state index is 13.1. The Labute approximate surface area is 165 Å². The monoisotopic (exact) mass is 410 g/mol. The number of carbonyl (C=O) groups excluding carboxylic acids is 1. The molecule has 27 heavy (non-hydrogen) atoms. The fraction of sp³-hybridized carbons (Fsp3) is 0.316. The van der Waals surface area contributed by atoms with Gasteiger partial charge in [-0.15, -0.1) is 0 Å². The van der Waals surface area contributed by atoms with Gasteiger partial charge in [0.2, 0.25) is 10.0 Å². The third-order valence-electron chi connectivity index (χ3n) is 4.02. The van der Waals surface area contributed by atoms with Gasteiger partial charge in [0.05, 0.1) is 22.1 Å². The third-order valence-corrected chi connectivity index (χ3v) is 6.16. The Morgan fingerprint density at radius 3 is 2.37 bits per heavy atom. The first-order valence-corrected chi connectivity index (χ1v) is 10.1. The highest BCUT2D eigenvalue weighted by Gasteiger charge is 2.23. The average Bonchev–Trinajstić information content (AvgIpc) is 2.65. The Kier molecular flexibility index (Phi) is 7.38. The second-order valence-electron chi connectivity index (χ2n) is 6.13. The number of amides is 1. The van der Waals surface area contributed by atoms with Gasteiger partial charge in [0, 0.05) is 34.3 Å². The number of halogens is 1. The lowest BCUT2D eigenvalue weighted by molar-refractivity contribution is 0.0680. The van der Waals surface area contributed by atoms with E-state index in [9.17, 15) is 13.2 Å². The molecule has 0 aliphatic carbocycles. The van der Waals surface area contributed by atoms with E-state index in [1.807, 2.05) is 30.3 Å². The van der Waals surface area contributed by atoms with Crippen LogP contribution < -0.4 is 0 Å². The number of rotatable bonds is 8. The summed E-state index contributed by atoms with van der Waals surface area (Å²) in [5.41, 5.74) is 1.10. The normalized spacial score (nSPS) is 11.6. The molecule has 0 unspecified atom stereocenters. The molecule has 2 rings (SSSR count). The van der Waals surface area contributed by atoms with Crippen molar-refractivity contribution >= 4 is 27.5 Å². The Morgan fingerprint density at radius 1 is 1.11 bits per heavy atom. The summed E-state index contributed by atoms with van der Waals surface area (Å²) in [6, 6.07) is 13.7. The van der Waals surface area contributed by atoms with Crippen LogP contribution in [0.5, 0.6) is 0 Å². The second kappa shape index (κ2) is 9.32. The molecule has 0 heterocycles. The molecule has 0 N–H and O–H groups in total. The number of nitrogens with zero attached hydrogens (tertiary/aromatic N) is 2. The number of hydrogen-bond donors (Lipinski definition) is 0. The summed E-state index contributed by atoms with van der Waals surface area (Å²) in [7, 11) is 0.759. The van der Waals surface area contributed by atoms with Crippen molar-refractivity contribution < 1.29 is 17.9 Å². The van der Waals surface area contributed by atoms with Crippen LogP contribution >= 0.6 is 11.6 Å². The predicted octanol–water partition coefficient (Wildman–Crippen LogP) is 2.88. The Morgan fingerprint density at radius 2 is 1.78 bits per heavy atom. The molecule has 0 radical (unpaired) electrons. The molecule has 0 saturated carbocycles. The van der Waals surface area contributed by atoms with Crippen LogP contribution in [0, 0.1) is 0 Å².